The molecule has 66 valence electrons. The molecule has 0 saturated carbocycles. The van der Waals surface area contributed by atoms with E-state index in [1.54, 1.807) is 0 Å². The fourth-order valence-corrected chi connectivity index (χ4v) is 0.825. The van der Waals surface area contributed by atoms with Crippen molar-refractivity contribution in [3.63, 3.8) is 0 Å². The zero-order valence-corrected chi connectivity index (χ0v) is 8.23. The third kappa shape index (κ3) is 1.82. The molecule has 0 bridgehead atoms. The van der Waals surface area contributed by atoms with Crippen LogP contribution in [-0.4, -0.2) is 9.97 Å². The summed E-state index contributed by atoms with van der Waals surface area (Å²) >= 11 is 4.75. The quantitative estimate of drug-likeness (QED) is 0.674. The Hall–Kier alpha value is -0.900. The summed E-state index contributed by atoms with van der Waals surface area (Å²) < 4.78 is 5.21. The van der Waals surface area contributed by atoms with Crippen LogP contribution in [0.4, 0.5) is 0 Å². The Morgan fingerprint density at radius 2 is 2.17 bits per heavy atom. The summed E-state index contributed by atoms with van der Waals surface area (Å²) in [4.78, 5) is 4.42. The highest BCUT2D eigenvalue weighted by molar-refractivity contribution is 7.80. The van der Waals surface area contributed by atoms with Gasteiger partial charge in [-0.3, -0.25) is 0 Å². The molecule has 1 aromatic heterocycles. The van der Waals surface area contributed by atoms with E-state index in [1.165, 1.54) is 6.26 Å². The van der Waals surface area contributed by atoms with Gasteiger partial charge in [-0.25, -0.2) is 4.98 Å². The lowest BCUT2D eigenvalue weighted by molar-refractivity contribution is 0.392. The first-order valence-electron chi connectivity index (χ1n) is 3.67. The average molecular weight is 184 g/mol. The Balaban J connectivity index is 3.00. The van der Waals surface area contributed by atoms with Crippen LogP contribution >= 0.6 is 12.2 Å². The van der Waals surface area contributed by atoms with Crippen molar-refractivity contribution in [2.75, 3.05) is 0 Å². The lowest BCUT2D eigenvalue weighted by atomic mass is 9.97. The third-order valence-electron chi connectivity index (χ3n) is 1.40. The summed E-state index contributed by atoms with van der Waals surface area (Å²) in [5, 5.41) is 0. The predicted molar refractivity (Wildman–Crippen MR) is 51.1 cm³/mol. The van der Waals surface area contributed by atoms with Gasteiger partial charge in [-0.2, -0.15) is 0 Å². The molecule has 0 spiro atoms. The molecule has 1 aromatic rings. The second-order valence-corrected chi connectivity index (χ2v) is 4.09. The Kier molecular flexibility index (Phi) is 2.19. The van der Waals surface area contributed by atoms with E-state index in [4.69, 9.17) is 22.4 Å². The number of nitrogens with zero attached hydrogens (tertiary/aromatic N) is 1. The summed E-state index contributed by atoms with van der Waals surface area (Å²) in [7, 11) is 0. The highest BCUT2D eigenvalue weighted by atomic mass is 32.1. The van der Waals surface area contributed by atoms with Crippen LogP contribution in [0.2, 0.25) is 0 Å². The summed E-state index contributed by atoms with van der Waals surface area (Å²) in [6, 6.07) is 0. The van der Waals surface area contributed by atoms with Crippen molar-refractivity contribution in [2.45, 2.75) is 26.2 Å². The zero-order valence-electron chi connectivity index (χ0n) is 7.42. The topological polar surface area (TPSA) is 52.0 Å². The second-order valence-electron chi connectivity index (χ2n) is 3.65. The van der Waals surface area contributed by atoms with Gasteiger partial charge in [0.05, 0.1) is 0 Å². The molecule has 0 aliphatic rings. The first-order chi connectivity index (χ1) is 5.41. The fraction of sp³-hybridized carbons (Fsp3) is 0.500. The molecule has 0 unspecified atom stereocenters. The first kappa shape index (κ1) is 9.19. The van der Waals surface area contributed by atoms with Gasteiger partial charge in [-0.1, -0.05) is 33.0 Å². The molecule has 3 nitrogen and oxygen atoms in total. The van der Waals surface area contributed by atoms with Gasteiger partial charge in [-0.05, 0) is 0 Å². The van der Waals surface area contributed by atoms with Crippen LogP contribution in [0.15, 0.2) is 10.7 Å². The van der Waals surface area contributed by atoms with E-state index >= 15 is 0 Å². The van der Waals surface area contributed by atoms with Crippen molar-refractivity contribution >= 4 is 17.2 Å². The molecule has 0 radical (unpaired) electrons. The van der Waals surface area contributed by atoms with Gasteiger partial charge in [0, 0.05) is 5.41 Å². The van der Waals surface area contributed by atoms with E-state index in [9.17, 15) is 0 Å². The van der Waals surface area contributed by atoms with Crippen molar-refractivity contribution < 1.29 is 4.42 Å². The first-order valence-corrected chi connectivity index (χ1v) is 4.08. The monoisotopic (exact) mass is 184 g/mol. The van der Waals surface area contributed by atoms with Crippen LogP contribution in [0.25, 0.3) is 0 Å². The summed E-state index contributed by atoms with van der Waals surface area (Å²) in [6.45, 7) is 6.05. The molecule has 0 fully saturated rings. The molecule has 12 heavy (non-hydrogen) atoms. The normalized spacial score (nSPS) is 11.6. The highest BCUT2D eigenvalue weighted by Crippen LogP contribution is 2.20. The SMILES string of the molecule is CC(C)(C)c1nc(C(N)=S)co1. The largest absolute Gasteiger partial charge is 0.448 e. The standard InChI is InChI=1S/C8H12N2OS/c1-8(2,3)7-10-5(4-11-7)6(9)12/h4H,1-3H3,(H2,9,12). The lowest BCUT2D eigenvalue weighted by Gasteiger charge is -2.11. The van der Waals surface area contributed by atoms with Crippen LogP contribution in [0.5, 0.6) is 0 Å². The van der Waals surface area contributed by atoms with Gasteiger partial charge in [-0.15, -0.1) is 0 Å². The van der Waals surface area contributed by atoms with Gasteiger partial charge in [0.25, 0.3) is 0 Å². The minimum atomic E-state index is -0.0942. The Bertz CT molecular complexity index is 298. The number of rotatable bonds is 1. The number of thiocarbonyl (C=S) groups is 1. The molecular weight excluding hydrogens is 172 g/mol. The molecule has 2 N–H and O–H groups in total. The smallest absolute Gasteiger partial charge is 0.200 e. The average Bonchev–Trinajstić information content (AvgIpc) is 2.30. The van der Waals surface area contributed by atoms with Crippen LogP contribution in [0.3, 0.4) is 0 Å². The van der Waals surface area contributed by atoms with Gasteiger partial charge in [0.15, 0.2) is 5.89 Å². The number of nitrogens with two attached hydrogens (primary N) is 1. The minimum absolute atomic E-state index is 0.0942. The maximum Gasteiger partial charge on any atom is 0.200 e. The van der Waals surface area contributed by atoms with Crippen molar-refractivity contribution in [3.8, 4) is 0 Å². The summed E-state index contributed by atoms with van der Waals surface area (Å²) in [5.74, 6) is 0.658. The maximum atomic E-state index is 5.38. The van der Waals surface area contributed by atoms with Crippen molar-refractivity contribution in [2.24, 2.45) is 5.73 Å². The fourth-order valence-electron chi connectivity index (χ4n) is 0.731. The molecule has 4 heteroatoms. The van der Waals surface area contributed by atoms with Gasteiger partial charge < -0.3 is 10.2 Å². The molecule has 0 aliphatic heterocycles. The lowest BCUT2D eigenvalue weighted by Crippen LogP contribution is -2.14. The van der Waals surface area contributed by atoms with Crippen molar-refractivity contribution in [1.82, 2.24) is 4.98 Å². The van der Waals surface area contributed by atoms with Gasteiger partial charge >= 0.3 is 0 Å². The Morgan fingerprint density at radius 3 is 2.42 bits per heavy atom. The minimum Gasteiger partial charge on any atom is -0.448 e. The van der Waals surface area contributed by atoms with Crippen molar-refractivity contribution in [3.05, 3.63) is 17.8 Å². The molecule has 1 rings (SSSR count). The number of aromatic nitrogens is 1. The second kappa shape index (κ2) is 2.86. The highest BCUT2D eigenvalue weighted by Gasteiger charge is 2.20. The van der Waals surface area contributed by atoms with Crippen LogP contribution in [0, 0.1) is 0 Å². The van der Waals surface area contributed by atoms with E-state index in [0.29, 0.717) is 11.6 Å². The molecule has 0 aliphatic carbocycles. The predicted octanol–water partition coefficient (Wildman–Crippen LogP) is 1.61. The van der Waals surface area contributed by atoms with Gasteiger partial charge in [0.2, 0.25) is 0 Å². The van der Waals surface area contributed by atoms with E-state index in [0.717, 1.165) is 0 Å². The Labute approximate surface area is 77.0 Å². The van der Waals surface area contributed by atoms with Crippen molar-refractivity contribution in [1.29, 1.82) is 0 Å². The van der Waals surface area contributed by atoms with E-state index in [1.807, 2.05) is 20.8 Å². The molecule has 0 aromatic carbocycles. The number of oxazole rings is 1. The maximum absolute atomic E-state index is 5.38. The molecule has 0 amide bonds. The molecule has 1 heterocycles. The van der Waals surface area contributed by atoms with Crippen LogP contribution < -0.4 is 5.73 Å². The third-order valence-corrected chi connectivity index (χ3v) is 1.61. The summed E-state index contributed by atoms with van der Waals surface area (Å²) in [5.41, 5.74) is 5.84. The summed E-state index contributed by atoms with van der Waals surface area (Å²) in [6.07, 6.45) is 1.49. The van der Waals surface area contributed by atoms with E-state index in [-0.39, 0.29) is 10.4 Å². The zero-order chi connectivity index (χ0) is 9.35. The molecular formula is C8H12N2OS. The number of hydrogen-bond acceptors (Lipinski definition) is 3. The van der Waals surface area contributed by atoms with E-state index < -0.39 is 0 Å². The van der Waals surface area contributed by atoms with Crippen LogP contribution in [0.1, 0.15) is 32.4 Å². The molecule has 0 atom stereocenters. The Morgan fingerprint density at radius 1 is 1.58 bits per heavy atom. The number of hydrogen-bond donors (Lipinski definition) is 1. The molecule has 0 saturated heterocycles. The van der Waals surface area contributed by atoms with Crippen LogP contribution in [-0.2, 0) is 5.41 Å². The van der Waals surface area contributed by atoms with Gasteiger partial charge in [0.1, 0.15) is 16.9 Å². The van der Waals surface area contributed by atoms with E-state index in [2.05, 4.69) is 4.98 Å².